The van der Waals surface area contributed by atoms with Crippen LogP contribution in [0, 0.1) is 16.7 Å². The van der Waals surface area contributed by atoms with Crippen LogP contribution < -0.4 is 20.1 Å². The Kier molecular flexibility index (Phi) is 23.2. The predicted octanol–water partition coefficient (Wildman–Crippen LogP) is 9.43. The summed E-state index contributed by atoms with van der Waals surface area (Å²) in [5.74, 6) is -0.265. The molecule has 2 amide bonds. The first-order valence-corrected chi connectivity index (χ1v) is 23.5. The summed E-state index contributed by atoms with van der Waals surface area (Å²) in [5, 5.41) is 14.5. The third-order valence-corrected chi connectivity index (χ3v) is 10.2. The number of ether oxygens (including phenoxy) is 6. The molecule has 0 atom stereocenters. The van der Waals surface area contributed by atoms with E-state index in [9.17, 15) is 24.0 Å². The minimum absolute atomic E-state index is 0.00619. The Labute approximate surface area is 405 Å². The van der Waals surface area contributed by atoms with Crippen molar-refractivity contribution >= 4 is 29.7 Å². The summed E-state index contributed by atoms with van der Waals surface area (Å²) in [6, 6.07) is 21.5. The van der Waals surface area contributed by atoms with Crippen LogP contribution >= 0.6 is 0 Å². The summed E-state index contributed by atoms with van der Waals surface area (Å²) in [7, 11) is 0. The van der Waals surface area contributed by atoms with Crippen LogP contribution in [0.5, 0.6) is 11.5 Å². The van der Waals surface area contributed by atoms with Gasteiger partial charge in [0.15, 0.2) is 13.2 Å². The first-order valence-electron chi connectivity index (χ1n) is 23.5. The highest BCUT2D eigenvalue weighted by Gasteiger charge is 2.34. The number of benzene rings is 3. The van der Waals surface area contributed by atoms with Crippen molar-refractivity contribution in [2.24, 2.45) is 16.7 Å². The Hall–Kier alpha value is -5.47. The average molecular weight is 949 g/mol. The predicted molar refractivity (Wildman–Crippen MR) is 264 cm³/mol. The number of rotatable bonds is 24. The quantitative estimate of drug-likeness (QED) is 0.0572. The van der Waals surface area contributed by atoms with Gasteiger partial charge in [-0.3, -0.25) is 19.2 Å². The minimum Gasteiger partial charge on any atom is -0.484 e. The summed E-state index contributed by atoms with van der Waals surface area (Å²) in [6.45, 7) is 27.4. The standard InChI is InChI=1S/C44H60N2O9.C10H20O3/c1-31(2)19-22-45-38(47)29-51-36-17-15-33(16-18-36)34-25-35(40(49)53-28-32-13-11-10-12-14-32)27-37(26-34)52-30-39(48)46-23-20-44(8,9)54-24-21-43(6,7)41(50)55-42(3,4)5;1-9(2,3)13-8(12)10(4,5)6-7-11/h10-18,25-27,31H,19-24,28-30H2,1-9H3,(H,45,47)(H,46,48);11H,6-7H2,1-5H3. The monoisotopic (exact) mass is 949 g/mol. The van der Waals surface area contributed by atoms with Gasteiger partial charge < -0.3 is 44.2 Å². The van der Waals surface area contributed by atoms with Crippen LogP contribution in [0.4, 0.5) is 0 Å². The molecule has 3 aromatic carbocycles. The zero-order chi connectivity index (χ0) is 51.3. The molecule has 0 saturated carbocycles. The van der Waals surface area contributed by atoms with Crippen molar-refractivity contribution in [2.45, 2.75) is 146 Å². The Morgan fingerprint density at radius 3 is 1.66 bits per heavy atom. The zero-order valence-electron chi connectivity index (χ0n) is 43.2. The Morgan fingerprint density at radius 2 is 1.13 bits per heavy atom. The SMILES string of the molecule is CC(C)(C)OC(=O)C(C)(C)CCO.CC(C)CCNC(=O)COc1ccc(-c2cc(OCC(=O)NCCC(C)(C)OCCC(C)(C)C(=O)OC(C)(C)C)cc(C(=O)OCc3ccccc3)c2)cc1. The molecule has 14 nitrogen and oxygen atoms in total. The molecule has 0 aliphatic heterocycles. The third-order valence-electron chi connectivity index (χ3n) is 10.2. The first kappa shape index (κ1) is 58.7. The van der Waals surface area contributed by atoms with E-state index in [1.807, 2.05) is 112 Å². The molecule has 0 saturated heterocycles. The average Bonchev–Trinajstić information content (AvgIpc) is 3.23. The molecule has 3 N–H and O–H groups in total. The van der Waals surface area contributed by atoms with E-state index in [2.05, 4.69) is 24.5 Å². The molecule has 3 aromatic rings. The van der Waals surface area contributed by atoms with Gasteiger partial charge in [0, 0.05) is 26.3 Å². The molecule has 0 bridgehead atoms. The highest BCUT2D eigenvalue weighted by molar-refractivity contribution is 5.92. The molecule has 0 aliphatic rings. The van der Waals surface area contributed by atoms with Crippen molar-refractivity contribution in [2.75, 3.05) is 39.5 Å². The lowest BCUT2D eigenvalue weighted by atomic mass is 9.89. The maximum absolute atomic E-state index is 13.2. The van der Waals surface area contributed by atoms with E-state index in [4.69, 9.17) is 33.5 Å². The summed E-state index contributed by atoms with van der Waals surface area (Å²) in [4.78, 5) is 62.3. The molecule has 0 radical (unpaired) electrons. The van der Waals surface area contributed by atoms with E-state index < -0.39 is 33.6 Å². The largest absolute Gasteiger partial charge is 0.484 e. The number of amides is 2. The topological polar surface area (TPSA) is 185 Å². The van der Waals surface area contributed by atoms with Gasteiger partial charge in [0.25, 0.3) is 11.8 Å². The molecule has 0 aromatic heterocycles. The van der Waals surface area contributed by atoms with Gasteiger partial charge in [0.05, 0.1) is 22.0 Å². The second-order valence-corrected chi connectivity index (χ2v) is 21.1. The Balaban J connectivity index is 0.00000106. The van der Waals surface area contributed by atoms with E-state index in [1.54, 1.807) is 44.2 Å². The van der Waals surface area contributed by atoms with Crippen LogP contribution in [-0.4, -0.2) is 91.1 Å². The van der Waals surface area contributed by atoms with Gasteiger partial charge >= 0.3 is 17.9 Å². The van der Waals surface area contributed by atoms with E-state index in [-0.39, 0.29) is 55.7 Å². The smallest absolute Gasteiger partial charge is 0.338 e. The van der Waals surface area contributed by atoms with E-state index in [0.717, 1.165) is 17.5 Å². The van der Waals surface area contributed by atoms with Gasteiger partial charge in [-0.2, -0.15) is 0 Å². The molecular weight excluding hydrogens is 869 g/mol. The molecule has 378 valence electrons. The third kappa shape index (κ3) is 24.0. The zero-order valence-corrected chi connectivity index (χ0v) is 43.2. The second-order valence-electron chi connectivity index (χ2n) is 21.1. The molecule has 0 fully saturated rings. The highest BCUT2D eigenvalue weighted by Crippen LogP contribution is 2.30. The maximum atomic E-state index is 13.2. The lowest BCUT2D eigenvalue weighted by Crippen LogP contribution is -2.37. The summed E-state index contributed by atoms with van der Waals surface area (Å²) in [5.41, 5.74) is -0.332. The fourth-order valence-corrected chi connectivity index (χ4v) is 5.89. The highest BCUT2D eigenvalue weighted by atomic mass is 16.6. The minimum atomic E-state index is -0.700. The van der Waals surface area contributed by atoms with Gasteiger partial charge in [-0.15, -0.1) is 0 Å². The molecule has 0 aliphatic carbocycles. The molecule has 68 heavy (non-hydrogen) atoms. The van der Waals surface area contributed by atoms with Crippen molar-refractivity contribution in [3.63, 3.8) is 0 Å². The van der Waals surface area contributed by atoms with Gasteiger partial charge in [-0.1, -0.05) is 56.3 Å². The lowest BCUT2D eigenvalue weighted by Gasteiger charge is -2.30. The Bertz CT molecular complexity index is 2050. The number of hydrogen-bond acceptors (Lipinski definition) is 12. The first-order chi connectivity index (χ1) is 31.5. The van der Waals surface area contributed by atoms with E-state index in [0.29, 0.717) is 61.9 Å². The number of aliphatic hydroxyl groups excluding tert-OH is 1. The van der Waals surface area contributed by atoms with Crippen LogP contribution in [-0.2, 0) is 44.7 Å². The van der Waals surface area contributed by atoms with Gasteiger partial charge in [-0.05, 0) is 162 Å². The second kappa shape index (κ2) is 26.9. The van der Waals surface area contributed by atoms with E-state index in [1.165, 1.54) is 0 Å². The maximum Gasteiger partial charge on any atom is 0.338 e. The van der Waals surface area contributed by atoms with Crippen LogP contribution in [0.1, 0.15) is 139 Å². The number of aliphatic hydroxyl groups is 1. The van der Waals surface area contributed by atoms with Crippen molar-refractivity contribution in [3.05, 3.63) is 83.9 Å². The number of carbonyl (C=O) groups excluding carboxylic acids is 5. The molecule has 14 heteroatoms. The lowest BCUT2D eigenvalue weighted by molar-refractivity contribution is -0.168. The fraction of sp³-hybridized carbons (Fsp3) is 0.574. The molecule has 0 unspecified atom stereocenters. The summed E-state index contributed by atoms with van der Waals surface area (Å²) < 4.78 is 34.0. The number of nitrogens with one attached hydrogen (secondary N) is 2. The van der Waals surface area contributed by atoms with Crippen molar-refractivity contribution in [3.8, 4) is 22.6 Å². The van der Waals surface area contributed by atoms with Gasteiger partial charge in [0.2, 0.25) is 0 Å². The van der Waals surface area contributed by atoms with Crippen LogP contribution in [0.2, 0.25) is 0 Å². The van der Waals surface area contributed by atoms with Crippen LogP contribution in [0.25, 0.3) is 11.1 Å². The Morgan fingerprint density at radius 1 is 0.603 bits per heavy atom. The molecule has 0 heterocycles. The van der Waals surface area contributed by atoms with E-state index >= 15 is 0 Å². The van der Waals surface area contributed by atoms with Crippen LogP contribution in [0.15, 0.2) is 72.8 Å². The number of esters is 3. The van der Waals surface area contributed by atoms with Gasteiger partial charge in [0.1, 0.15) is 29.3 Å². The summed E-state index contributed by atoms with van der Waals surface area (Å²) >= 11 is 0. The summed E-state index contributed by atoms with van der Waals surface area (Å²) in [6.07, 6.45) is 2.34. The molecule has 0 spiro atoms. The van der Waals surface area contributed by atoms with Crippen LogP contribution in [0.3, 0.4) is 0 Å². The normalized spacial score (nSPS) is 12.0. The fourth-order valence-electron chi connectivity index (χ4n) is 5.89. The van der Waals surface area contributed by atoms with Crippen molar-refractivity contribution in [1.82, 2.24) is 10.6 Å². The van der Waals surface area contributed by atoms with Crippen molar-refractivity contribution < 1.29 is 57.5 Å². The van der Waals surface area contributed by atoms with Gasteiger partial charge in [-0.25, -0.2) is 4.79 Å². The number of carbonyl (C=O) groups is 5. The molecular formula is C54H80N2O12. The number of hydrogen-bond donors (Lipinski definition) is 3. The molecule has 3 rings (SSSR count). The van der Waals surface area contributed by atoms with Crippen molar-refractivity contribution in [1.29, 1.82) is 0 Å².